The van der Waals surface area contributed by atoms with E-state index in [9.17, 15) is 28.0 Å². The monoisotopic (exact) mass is 512 g/mol. The molecule has 1 heterocycles. The summed E-state index contributed by atoms with van der Waals surface area (Å²) >= 11 is 0. The van der Waals surface area contributed by atoms with E-state index < -0.39 is 30.8 Å². The molecular weight excluding hydrogens is 484 g/mol. The van der Waals surface area contributed by atoms with Crippen LogP contribution in [0.5, 0.6) is 0 Å². The van der Waals surface area contributed by atoms with Crippen LogP contribution in [-0.2, 0) is 25.4 Å². The number of urea groups is 1. The summed E-state index contributed by atoms with van der Waals surface area (Å²) in [5.74, 6) is -0.758. The van der Waals surface area contributed by atoms with Gasteiger partial charge in [0, 0.05) is 12.7 Å². The lowest BCUT2D eigenvalue weighted by molar-refractivity contribution is -0.137. The summed E-state index contributed by atoms with van der Waals surface area (Å²) in [5.41, 5.74) is 2.81. The lowest BCUT2D eigenvalue weighted by Gasteiger charge is -2.18. The first-order chi connectivity index (χ1) is 17.6. The third kappa shape index (κ3) is 11.2. The second-order valence-corrected chi connectivity index (χ2v) is 8.22. The van der Waals surface area contributed by atoms with Gasteiger partial charge in [0.15, 0.2) is 0 Å². The lowest BCUT2D eigenvalue weighted by Crippen LogP contribution is -2.51. The highest BCUT2D eigenvalue weighted by Crippen LogP contribution is 2.28. The molecule has 0 saturated carbocycles. The first-order valence-electron chi connectivity index (χ1n) is 11.5. The molecular formula is C26H28BF3N4O3. The maximum atomic E-state index is 12.0. The minimum atomic E-state index is -4.36. The summed E-state index contributed by atoms with van der Waals surface area (Å²) in [7, 11) is -1.62. The maximum Gasteiger partial charge on any atom is 0.475 e. The van der Waals surface area contributed by atoms with E-state index in [0.29, 0.717) is 18.7 Å². The van der Waals surface area contributed by atoms with Crippen LogP contribution >= 0.6 is 0 Å². The summed E-state index contributed by atoms with van der Waals surface area (Å²) < 4.78 is 36.0. The van der Waals surface area contributed by atoms with Crippen LogP contribution in [0.15, 0.2) is 72.9 Å². The Morgan fingerprint density at radius 1 is 1.08 bits per heavy atom. The fourth-order valence-corrected chi connectivity index (χ4v) is 3.28. The maximum absolute atomic E-state index is 12.0. The number of nitrogens with zero attached hydrogens (tertiary/aromatic N) is 2. The van der Waals surface area contributed by atoms with Gasteiger partial charge in [0.2, 0.25) is 0 Å². The molecule has 0 radical (unpaired) electrons. The van der Waals surface area contributed by atoms with Crippen molar-refractivity contribution in [2.75, 3.05) is 6.54 Å². The fourth-order valence-electron chi connectivity index (χ4n) is 3.28. The molecule has 0 saturated heterocycles. The summed E-state index contributed by atoms with van der Waals surface area (Å²) in [6.45, 7) is 2.51. The third-order valence-corrected chi connectivity index (χ3v) is 5.17. The molecule has 2 amide bonds. The van der Waals surface area contributed by atoms with Crippen molar-refractivity contribution in [1.29, 1.82) is 5.26 Å². The van der Waals surface area contributed by atoms with Crippen LogP contribution in [0.2, 0.25) is 0 Å². The second kappa shape index (κ2) is 14.6. The molecule has 0 bridgehead atoms. The van der Waals surface area contributed by atoms with Crippen molar-refractivity contribution in [3.8, 4) is 6.07 Å². The van der Waals surface area contributed by atoms with Gasteiger partial charge in [-0.3, -0.25) is 4.98 Å². The van der Waals surface area contributed by atoms with E-state index in [-0.39, 0.29) is 6.42 Å². The smallest absolute Gasteiger partial charge is 0.426 e. The van der Waals surface area contributed by atoms with E-state index in [1.807, 2.05) is 55.5 Å². The molecule has 0 aliphatic rings. The van der Waals surface area contributed by atoms with Gasteiger partial charge in [0.1, 0.15) is 0 Å². The minimum Gasteiger partial charge on any atom is -0.426 e. The molecule has 194 valence electrons. The molecule has 0 fully saturated rings. The first-order valence-corrected chi connectivity index (χ1v) is 11.5. The van der Waals surface area contributed by atoms with Gasteiger partial charge >= 0.3 is 19.3 Å². The van der Waals surface area contributed by atoms with Crippen LogP contribution in [0.25, 0.3) is 0 Å². The van der Waals surface area contributed by atoms with Gasteiger partial charge < -0.3 is 20.7 Å². The Balaban J connectivity index is 0.000000312. The Morgan fingerprint density at radius 2 is 1.78 bits per heavy atom. The van der Waals surface area contributed by atoms with E-state index in [2.05, 4.69) is 21.7 Å². The molecule has 3 rings (SSSR count). The number of halogens is 3. The van der Waals surface area contributed by atoms with E-state index in [0.717, 1.165) is 29.8 Å². The highest BCUT2D eigenvalue weighted by Gasteiger charge is 2.30. The number of benzene rings is 2. The number of aromatic nitrogens is 1. The summed E-state index contributed by atoms with van der Waals surface area (Å²) in [6, 6.07) is 21.0. The summed E-state index contributed by atoms with van der Waals surface area (Å²) in [4.78, 5) is 15.5. The molecule has 0 aliphatic heterocycles. The van der Waals surface area contributed by atoms with Gasteiger partial charge in [-0.2, -0.15) is 18.4 Å². The van der Waals surface area contributed by atoms with Crippen LogP contribution < -0.4 is 10.6 Å². The van der Waals surface area contributed by atoms with Crippen molar-refractivity contribution in [3.05, 3.63) is 101 Å². The summed E-state index contributed by atoms with van der Waals surface area (Å²) in [6.07, 6.45) is -2.53. The number of rotatable bonds is 8. The largest absolute Gasteiger partial charge is 0.475 e. The van der Waals surface area contributed by atoms with Crippen LogP contribution in [0.4, 0.5) is 18.0 Å². The predicted molar refractivity (Wildman–Crippen MR) is 134 cm³/mol. The van der Waals surface area contributed by atoms with Crippen molar-refractivity contribution >= 4 is 13.1 Å². The van der Waals surface area contributed by atoms with Gasteiger partial charge in [-0.05, 0) is 43.0 Å². The van der Waals surface area contributed by atoms with Crippen molar-refractivity contribution < 1.29 is 28.0 Å². The Bertz CT molecular complexity index is 1150. The number of hydrogen-bond donors (Lipinski definition) is 4. The topological polar surface area (TPSA) is 118 Å². The number of nitrogens with one attached hydrogen (secondary N) is 2. The van der Waals surface area contributed by atoms with Crippen molar-refractivity contribution in [2.45, 2.75) is 38.3 Å². The number of nitriles is 1. The molecule has 7 nitrogen and oxygen atoms in total. The number of amides is 2. The number of carbonyl (C=O) groups is 1. The Labute approximate surface area is 214 Å². The number of aryl methyl sites for hydroxylation is 1. The van der Waals surface area contributed by atoms with Gasteiger partial charge in [-0.1, -0.05) is 60.2 Å². The first kappa shape index (κ1) is 29.4. The van der Waals surface area contributed by atoms with Crippen LogP contribution in [0.3, 0.4) is 0 Å². The van der Waals surface area contributed by atoms with Gasteiger partial charge in [0.05, 0.1) is 29.7 Å². The van der Waals surface area contributed by atoms with Crippen LogP contribution in [0.1, 0.15) is 27.9 Å². The number of hydrogen-bond acceptors (Lipinski definition) is 5. The standard InChI is InChI=1S/C18H23BN2O3.C8H5F3N2/c1-14-6-5-9-16(12-14)10-11-20-18(22)21-17(19(23)24)13-15-7-3-2-4-8-15;9-8(10,11)6-1-2-7(3-4-12)13-5-6/h2-9,12,17,23-24H,10-11,13H2,1H3,(H2,20,21,22);1-2,5H,3H2. The SMILES string of the molecule is Cc1cccc(CCNC(=O)NC(Cc2ccccc2)B(O)O)c1.N#CCc1ccc(C(F)(F)F)cn1. The number of pyridine rings is 1. The van der Waals surface area contributed by atoms with Crippen molar-refractivity contribution in [3.63, 3.8) is 0 Å². The zero-order valence-corrected chi connectivity index (χ0v) is 20.2. The molecule has 4 N–H and O–H groups in total. The normalized spacial score (nSPS) is 11.4. The molecule has 1 unspecified atom stereocenters. The van der Waals surface area contributed by atoms with Crippen molar-refractivity contribution in [1.82, 2.24) is 15.6 Å². The summed E-state index contributed by atoms with van der Waals surface area (Å²) in [5, 5.41) is 32.5. The van der Waals surface area contributed by atoms with Gasteiger partial charge in [-0.15, -0.1) is 0 Å². The van der Waals surface area contributed by atoms with Gasteiger partial charge in [0.25, 0.3) is 0 Å². The second-order valence-electron chi connectivity index (χ2n) is 8.22. The molecule has 0 spiro atoms. The third-order valence-electron chi connectivity index (χ3n) is 5.17. The Hall–Kier alpha value is -3.88. The molecule has 0 aliphatic carbocycles. The fraction of sp³-hybridized carbons (Fsp3) is 0.269. The van der Waals surface area contributed by atoms with Crippen molar-refractivity contribution in [2.24, 2.45) is 0 Å². The zero-order valence-electron chi connectivity index (χ0n) is 20.2. The average Bonchev–Trinajstić information content (AvgIpc) is 2.85. The van der Waals surface area contributed by atoms with E-state index in [1.54, 1.807) is 6.07 Å². The van der Waals surface area contributed by atoms with Crippen LogP contribution in [0, 0.1) is 18.3 Å². The molecule has 1 aromatic heterocycles. The number of carbonyl (C=O) groups excluding carboxylic acids is 1. The Morgan fingerprint density at radius 3 is 2.35 bits per heavy atom. The molecule has 37 heavy (non-hydrogen) atoms. The molecule has 1 atom stereocenters. The zero-order chi connectivity index (χ0) is 27.3. The minimum absolute atomic E-state index is 0.0259. The quantitative estimate of drug-likeness (QED) is 0.344. The van der Waals surface area contributed by atoms with E-state index >= 15 is 0 Å². The molecule has 3 aromatic rings. The average molecular weight is 512 g/mol. The lowest BCUT2D eigenvalue weighted by atomic mass is 9.76. The van der Waals surface area contributed by atoms with Crippen LogP contribution in [-0.4, -0.2) is 40.7 Å². The van der Waals surface area contributed by atoms with E-state index in [1.165, 1.54) is 11.6 Å². The number of alkyl halides is 3. The highest BCUT2D eigenvalue weighted by molar-refractivity contribution is 6.43. The Kier molecular flexibility index (Phi) is 11.6. The highest BCUT2D eigenvalue weighted by atomic mass is 19.4. The predicted octanol–water partition coefficient (Wildman–Crippen LogP) is 3.63. The van der Waals surface area contributed by atoms with E-state index in [4.69, 9.17) is 5.26 Å². The van der Waals surface area contributed by atoms with Gasteiger partial charge in [-0.25, -0.2) is 4.79 Å². The molecule has 11 heteroatoms. The molecule has 2 aromatic carbocycles.